The largest absolute Gasteiger partial charge is 0.468 e. The molecule has 1 fully saturated rings. The number of esters is 1. The van der Waals surface area contributed by atoms with E-state index < -0.39 is 11.5 Å². The zero-order valence-electron chi connectivity index (χ0n) is 18.3. The summed E-state index contributed by atoms with van der Waals surface area (Å²) in [7, 11) is 1.43. The molecule has 2 aromatic carbocycles. The lowest BCUT2D eigenvalue weighted by Gasteiger charge is -2.33. The monoisotopic (exact) mass is 409 g/mol. The maximum absolute atomic E-state index is 12.6. The Hall–Kier alpha value is -2.82. The number of carbonyl (C=O) groups excluding carboxylic acids is 2. The summed E-state index contributed by atoms with van der Waals surface area (Å²) in [5.41, 5.74) is 2.56. The molecule has 1 aliphatic heterocycles. The lowest BCUT2D eigenvalue weighted by atomic mass is 9.85. The van der Waals surface area contributed by atoms with E-state index in [1.54, 1.807) is 4.90 Å². The number of rotatable bonds is 4. The van der Waals surface area contributed by atoms with Crippen molar-refractivity contribution >= 4 is 12.1 Å². The first kappa shape index (κ1) is 21.9. The van der Waals surface area contributed by atoms with Crippen LogP contribution in [0.4, 0.5) is 4.79 Å². The molecule has 0 aliphatic carbocycles. The van der Waals surface area contributed by atoms with Crippen LogP contribution in [0.25, 0.3) is 0 Å². The average Bonchev–Trinajstić information content (AvgIpc) is 2.74. The highest BCUT2D eigenvalue weighted by atomic mass is 16.6. The molecule has 1 amide bonds. The van der Waals surface area contributed by atoms with Crippen LogP contribution in [0.1, 0.15) is 62.1 Å². The summed E-state index contributed by atoms with van der Waals surface area (Å²) in [5, 5.41) is 0. The molecule has 30 heavy (non-hydrogen) atoms. The second-order valence-corrected chi connectivity index (χ2v) is 8.78. The highest BCUT2D eigenvalue weighted by Crippen LogP contribution is 2.33. The van der Waals surface area contributed by atoms with Gasteiger partial charge in [-0.3, -0.25) is 4.79 Å². The van der Waals surface area contributed by atoms with Gasteiger partial charge in [-0.25, -0.2) is 4.79 Å². The number of methoxy groups -OCH3 is 1. The molecule has 5 nitrogen and oxygen atoms in total. The van der Waals surface area contributed by atoms with Gasteiger partial charge in [0, 0.05) is 13.1 Å². The third-order valence-corrected chi connectivity index (χ3v) is 5.43. The predicted octanol–water partition coefficient (Wildman–Crippen LogP) is 5.11. The van der Waals surface area contributed by atoms with Gasteiger partial charge >= 0.3 is 12.1 Å². The Balaban J connectivity index is 1.74. The molecule has 1 saturated heterocycles. The van der Waals surface area contributed by atoms with Crippen molar-refractivity contribution in [3.8, 4) is 0 Å². The second-order valence-electron chi connectivity index (χ2n) is 8.78. The van der Waals surface area contributed by atoms with Gasteiger partial charge in [-0.2, -0.15) is 0 Å². The van der Waals surface area contributed by atoms with E-state index in [1.165, 1.54) is 12.7 Å². The summed E-state index contributed by atoms with van der Waals surface area (Å²) in [6.07, 6.45) is 1.50. The van der Waals surface area contributed by atoms with Gasteiger partial charge in [0.2, 0.25) is 0 Å². The van der Waals surface area contributed by atoms with Crippen LogP contribution < -0.4 is 0 Å². The first-order valence-electron chi connectivity index (χ1n) is 10.5. The van der Waals surface area contributed by atoms with Crippen LogP contribution in [-0.4, -0.2) is 42.8 Å². The smallest absolute Gasteiger partial charge is 0.410 e. The fourth-order valence-electron chi connectivity index (χ4n) is 3.94. The molecule has 0 saturated carbocycles. The Labute approximate surface area is 179 Å². The van der Waals surface area contributed by atoms with Crippen LogP contribution in [-0.2, 0) is 14.3 Å². The summed E-state index contributed by atoms with van der Waals surface area (Å²) in [5.74, 6) is -0.367. The number of nitrogens with zero attached hydrogens (tertiary/aromatic N) is 1. The third kappa shape index (κ3) is 5.41. The van der Waals surface area contributed by atoms with E-state index in [2.05, 4.69) is 12.1 Å². The number of likely N-dealkylation sites (tertiary alicyclic amines) is 1. The van der Waals surface area contributed by atoms with Crippen molar-refractivity contribution in [2.24, 2.45) is 0 Å². The summed E-state index contributed by atoms with van der Waals surface area (Å²) in [6, 6.07) is 17.9. The topological polar surface area (TPSA) is 55.8 Å². The van der Waals surface area contributed by atoms with E-state index in [1.807, 2.05) is 63.2 Å². The van der Waals surface area contributed by atoms with Crippen molar-refractivity contribution in [2.75, 3.05) is 20.2 Å². The molecular formula is C25H31NO4. The Morgan fingerprint density at radius 3 is 2.20 bits per heavy atom. The van der Waals surface area contributed by atoms with Crippen LogP contribution in [0.2, 0.25) is 0 Å². The molecule has 0 radical (unpaired) electrons. The molecule has 2 aromatic rings. The quantitative estimate of drug-likeness (QED) is 0.659. The minimum Gasteiger partial charge on any atom is -0.468 e. The summed E-state index contributed by atoms with van der Waals surface area (Å²) >= 11 is 0. The lowest BCUT2D eigenvalue weighted by molar-refractivity contribution is -0.141. The van der Waals surface area contributed by atoms with Crippen LogP contribution in [0.5, 0.6) is 0 Å². The van der Waals surface area contributed by atoms with Gasteiger partial charge in [-0.1, -0.05) is 54.6 Å². The van der Waals surface area contributed by atoms with Gasteiger partial charge in [0.05, 0.1) is 7.11 Å². The summed E-state index contributed by atoms with van der Waals surface area (Å²) in [4.78, 5) is 26.7. The van der Waals surface area contributed by atoms with Crippen LogP contribution >= 0.6 is 0 Å². The second kappa shape index (κ2) is 9.33. The van der Waals surface area contributed by atoms with Gasteiger partial charge < -0.3 is 14.4 Å². The molecule has 1 heterocycles. The van der Waals surface area contributed by atoms with Crippen molar-refractivity contribution in [1.29, 1.82) is 0 Å². The molecule has 5 heteroatoms. The minimum absolute atomic E-state index is 0.246. The number of hydrogen-bond acceptors (Lipinski definition) is 4. The predicted molar refractivity (Wildman–Crippen MR) is 117 cm³/mol. The summed E-state index contributed by atoms with van der Waals surface area (Å²) < 4.78 is 10.6. The van der Waals surface area contributed by atoms with Crippen molar-refractivity contribution in [1.82, 2.24) is 4.90 Å². The maximum atomic E-state index is 12.6. The van der Waals surface area contributed by atoms with Gasteiger partial charge in [0.15, 0.2) is 0 Å². The van der Waals surface area contributed by atoms with E-state index in [4.69, 9.17) is 9.47 Å². The van der Waals surface area contributed by atoms with Crippen LogP contribution in [0, 0.1) is 0 Å². The first-order valence-corrected chi connectivity index (χ1v) is 10.5. The standard InChI is InChI=1S/C25H31NO4/c1-25(2,3)30-24(28)26-15-13-18(14-16-26)20-11-8-12-21(17-20)22(23(27)29-4)19-9-6-5-7-10-19/h5-12,17-18,22H,13-16H2,1-4H3. The van der Waals surface area contributed by atoms with Gasteiger partial charge in [-0.15, -0.1) is 0 Å². The number of piperidine rings is 1. The van der Waals surface area contributed by atoms with Crippen molar-refractivity contribution < 1.29 is 19.1 Å². The molecule has 160 valence electrons. The molecule has 1 atom stereocenters. The molecule has 0 N–H and O–H groups in total. The molecule has 0 aromatic heterocycles. The van der Waals surface area contributed by atoms with E-state index in [-0.39, 0.29) is 12.1 Å². The van der Waals surface area contributed by atoms with Crippen LogP contribution in [0.15, 0.2) is 54.6 Å². The third-order valence-electron chi connectivity index (χ3n) is 5.43. The number of carbonyl (C=O) groups is 2. The van der Waals surface area contributed by atoms with Crippen molar-refractivity contribution in [2.45, 2.75) is 51.0 Å². The molecule has 0 spiro atoms. The lowest BCUT2D eigenvalue weighted by Crippen LogP contribution is -2.41. The fourth-order valence-corrected chi connectivity index (χ4v) is 3.94. The summed E-state index contributed by atoms with van der Waals surface area (Å²) in [6.45, 7) is 6.99. The number of benzene rings is 2. The molecule has 3 rings (SSSR count). The molecule has 1 aliphatic rings. The minimum atomic E-state index is -0.484. The Morgan fingerprint density at radius 2 is 1.60 bits per heavy atom. The van der Waals surface area contributed by atoms with Crippen molar-refractivity contribution in [3.05, 3.63) is 71.3 Å². The normalized spacial score (nSPS) is 16.1. The number of ether oxygens (including phenoxy) is 2. The van der Waals surface area contributed by atoms with E-state index in [0.29, 0.717) is 19.0 Å². The number of amides is 1. The Kier molecular flexibility index (Phi) is 6.80. The van der Waals surface area contributed by atoms with Crippen LogP contribution in [0.3, 0.4) is 0 Å². The SMILES string of the molecule is COC(=O)C(c1ccccc1)c1cccc(C2CCN(C(=O)OC(C)(C)C)CC2)c1. The van der Waals surface area contributed by atoms with Gasteiger partial charge in [-0.05, 0) is 56.2 Å². The van der Waals surface area contributed by atoms with Crippen molar-refractivity contribution in [3.63, 3.8) is 0 Å². The Morgan fingerprint density at radius 1 is 0.967 bits per heavy atom. The Bertz CT molecular complexity index is 864. The molecule has 0 bridgehead atoms. The fraction of sp³-hybridized carbons (Fsp3) is 0.440. The zero-order chi connectivity index (χ0) is 21.7. The molecular weight excluding hydrogens is 378 g/mol. The highest BCUT2D eigenvalue weighted by molar-refractivity contribution is 5.82. The van der Waals surface area contributed by atoms with Gasteiger partial charge in [0.25, 0.3) is 0 Å². The maximum Gasteiger partial charge on any atom is 0.410 e. The van der Waals surface area contributed by atoms with E-state index >= 15 is 0 Å². The average molecular weight is 410 g/mol. The van der Waals surface area contributed by atoms with E-state index in [9.17, 15) is 9.59 Å². The zero-order valence-corrected chi connectivity index (χ0v) is 18.3. The van der Waals surface area contributed by atoms with E-state index in [0.717, 1.165) is 24.0 Å². The van der Waals surface area contributed by atoms with Gasteiger partial charge in [0.1, 0.15) is 11.5 Å². The molecule has 1 unspecified atom stereocenters. The number of hydrogen-bond donors (Lipinski definition) is 0. The first-order chi connectivity index (χ1) is 14.3. The highest BCUT2D eigenvalue weighted by Gasteiger charge is 2.29.